The number of nitro groups is 1. The molecule has 0 aliphatic carbocycles. The van der Waals surface area contributed by atoms with Crippen LogP contribution in [0, 0.1) is 15.5 Å². The molecule has 1 rings (SSSR count). The highest BCUT2D eigenvalue weighted by Crippen LogP contribution is 2.42. The van der Waals surface area contributed by atoms with Crippen molar-refractivity contribution in [2.45, 2.75) is 26.9 Å². The molecule has 0 radical (unpaired) electrons. The lowest BCUT2D eigenvalue weighted by molar-refractivity contribution is -0.386. The van der Waals surface area contributed by atoms with Crippen molar-refractivity contribution < 1.29 is 19.5 Å². The Morgan fingerprint density at radius 3 is 2.05 bits per heavy atom. The molecule has 106 valence electrons. The first-order chi connectivity index (χ1) is 8.72. The Balaban J connectivity index is 3.48. The molecule has 0 saturated heterocycles. The summed E-state index contributed by atoms with van der Waals surface area (Å²) in [4.78, 5) is 10.6. The van der Waals surface area contributed by atoms with E-state index in [9.17, 15) is 15.2 Å². The van der Waals surface area contributed by atoms with Crippen molar-refractivity contribution in [3.8, 4) is 11.5 Å². The molecule has 0 spiro atoms. The van der Waals surface area contributed by atoms with Gasteiger partial charge in [-0.05, 0) is 11.5 Å². The van der Waals surface area contributed by atoms with Crippen LogP contribution < -0.4 is 9.47 Å². The van der Waals surface area contributed by atoms with Gasteiger partial charge in [0.25, 0.3) is 5.69 Å². The van der Waals surface area contributed by atoms with Gasteiger partial charge >= 0.3 is 0 Å². The van der Waals surface area contributed by atoms with E-state index in [-0.39, 0.29) is 17.0 Å². The first kappa shape index (κ1) is 15.2. The second-order valence-electron chi connectivity index (χ2n) is 5.29. The monoisotopic (exact) mass is 269 g/mol. The van der Waals surface area contributed by atoms with Crippen LogP contribution in [0.25, 0.3) is 0 Å². The Morgan fingerprint density at radius 1 is 1.21 bits per heavy atom. The Morgan fingerprint density at radius 2 is 1.68 bits per heavy atom. The molecule has 0 aliphatic heterocycles. The SMILES string of the molecule is COc1cc([C@H](O)C(C)(C)C)c([N+](=O)[O-])cc1OC. The van der Waals surface area contributed by atoms with Crippen LogP contribution in [0.5, 0.6) is 11.5 Å². The number of nitro benzene ring substituents is 1. The van der Waals surface area contributed by atoms with Gasteiger partial charge in [0.2, 0.25) is 0 Å². The number of hydrogen-bond donors (Lipinski definition) is 1. The van der Waals surface area contributed by atoms with Gasteiger partial charge in [-0.2, -0.15) is 0 Å². The maximum absolute atomic E-state index is 11.1. The van der Waals surface area contributed by atoms with E-state index >= 15 is 0 Å². The zero-order valence-corrected chi connectivity index (χ0v) is 11.8. The average Bonchev–Trinajstić information content (AvgIpc) is 2.34. The fraction of sp³-hybridized carbons (Fsp3) is 0.538. The van der Waals surface area contributed by atoms with Gasteiger partial charge in [-0.15, -0.1) is 0 Å². The molecule has 0 aromatic heterocycles. The number of hydrogen-bond acceptors (Lipinski definition) is 5. The second kappa shape index (κ2) is 5.44. The van der Waals surface area contributed by atoms with E-state index in [1.807, 2.05) is 0 Å². The minimum Gasteiger partial charge on any atom is -0.493 e. The molecule has 0 bridgehead atoms. The summed E-state index contributed by atoms with van der Waals surface area (Å²) in [6.45, 7) is 5.41. The van der Waals surface area contributed by atoms with Crippen molar-refractivity contribution in [2.75, 3.05) is 14.2 Å². The summed E-state index contributed by atoms with van der Waals surface area (Å²) in [5, 5.41) is 21.4. The van der Waals surface area contributed by atoms with Crippen molar-refractivity contribution >= 4 is 5.69 Å². The molecule has 6 heteroatoms. The van der Waals surface area contributed by atoms with Crippen molar-refractivity contribution in [1.29, 1.82) is 0 Å². The number of nitrogens with zero attached hydrogens (tertiary/aromatic N) is 1. The quantitative estimate of drug-likeness (QED) is 0.671. The third-order valence-corrected chi connectivity index (χ3v) is 2.84. The predicted octanol–water partition coefficient (Wildman–Crippen LogP) is 2.69. The van der Waals surface area contributed by atoms with Crippen molar-refractivity contribution in [3.63, 3.8) is 0 Å². The van der Waals surface area contributed by atoms with Crippen LogP contribution in [-0.4, -0.2) is 24.2 Å². The number of aliphatic hydroxyl groups is 1. The number of ether oxygens (including phenoxy) is 2. The van der Waals surface area contributed by atoms with E-state index in [2.05, 4.69) is 0 Å². The molecule has 0 aliphatic rings. The van der Waals surface area contributed by atoms with Crippen molar-refractivity contribution in [3.05, 3.63) is 27.8 Å². The highest BCUT2D eigenvalue weighted by atomic mass is 16.6. The third-order valence-electron chi connectivity index (χ3n) is 2.84. The lowest BCUT2D eigenvalue weighted by Crippen LogP contribution is -2.19. The van der Waals surface area contributed by atoms with Crippen LogP contribution in [0.2, 0.25) is 0 Å². The lowest BCUT2D eigenvalue weighted by atomic mass is 9.84. The van der Waals surface area contributed by atoms with Crippen LogP contribution in [-0.2, 0) is 0 Å². The molecule has 6 nitrogen and oxygen atoms in total. The molecule has 1 aromatic rings. The van der Waals surface area contributed by atoms with Crippen molar-refractivity contribution in [2.24, 2.45) is 5.41 Å². The summed E-state index contributed by atoms with van der Waals surface area (Å²) < 4.78 is 10.2. The molecule has 0 heterocycles. The Bertz CT molecular complexity index is 479. The maximum atomic E-state index is 11.1. The summed E-state index contributed by atoms with van der Waals surface area (Å²) >= 11 is 0. The van der Waals surface area contributed by atoms with Crippen LogP contribution in [0.1, 0.15) is 32.4 Å². The maximum Gasteiger partial charge on any atom is 0.279 e. The fourth-order valence-corrected chi connectivity index (χ4v) is 1.73. The fourth-order valence-electron chi connectivity index (χ4n) is 1.73. The van der Waals surface area contributed by atoms with Gasteiger partial charge < -0.3 is 14.6 Å². The number of rotatable bonds is 4. The van der Waals surface area contributed by atoms with Gasteiger partial charge in [-0.1, -0.05) is 20.8 Å². The van der Waals surface area contributed by atoms with Gasteiger partial charge in [0.05, 0.1) is 36.9 Å². The largest absolute Gasteiger partial charge is 0.493 e. The Hall–Kier alpha value is -1.82. The molecule has 1 N–H and O–H groups in total. The van der Waals surface area contributed by atoms with Crippen molar-refractivity contribution in [1.82, 2.24) is 0 Å². The van der Waals surface area contributed by atoms with E-state index in [0.717, 1.165) is 0 Å². The van der Waals surface area contributed by atoms with Gasteiger partial charge in [-0.25, -0.2) is 0 Å². The van der Waals surface area contributed by atoms with Gasteiger partial charge in [0.15, 0.2) is 11.5 Å². The summed E-state index contributed by atoms with van der Waals surface area (Å²) in [6.07, 6.45) is -0.979. The topological polar surface area (TPSA) is 81.8 Å². The standard InChI is InChI=1S/C13H19NO5/c1-13(2,3)12(15)8-6-10(18-4)11(19-5)7-9(8)14(16)17/h6-7,12,15H,1-5H3/t12-/m0/s1. The Labute approximate surface area is 112 Å². The van der Waals surface area contributed by atoms with Gasteiger partial charge in [-0.3, -0.25) is 10.1 Å². The lowest BCUT2D eigenvalue weighted by Gasteiger charge is -2.26. The number of methoxy groups -OCH3 is 2. The summed E-state index contributed by atoms with van der Waals surface area (Å²) in [7, 11) is 2.85. The summed E-state index contributed by atoms with van der Waals surface area (Å²) in [6, 6.07) is 2.72. The van der Waals surface area contributed by atoms with Crippen LogP contribution >= 0.6 is 0 Å². The molecule has 0 saturated carbocycles. The minimum absolute atomic E-state index is 0.180. The highest BCUT2D eigenvalue weighted by molar-refractivity contribution is 5.55. The van der Waals surface area contributed by atoms with E-state index < -0.39 is 16.4 Å². The van der Waals surface area contributed by atoms with Crippen LogP contribution in [0.3, 0.4) is 0 Å². The van der Waals surface area contributed by atoms with Crippen LogP contribution in [0.15, 0.2) is 12.1 Å². The highest BCUT2D eigenvalue weighted by Gasteiger charge is 2.31. The average molecular weight is 269 g/mol. The molecule has 1 aromatic carbocycles. The predicted molar refractivity (Wildman–Crippen MR) is 70.6 cm³/mol. The smallest absolute Gasteiger partial charge is 0.279 e. The summed E-state index contributed by atoms with van der Waals surface area (Å²) in [5.41, 5.74) is -0.486. The zero-order chi connectivity index (χ0) is 14.8. The molecular weight excluding hydrogens is 250 g/mol. The first-order valence-corrected chi connectivity index (χ1v) is 5.80. The van der Waals surface area contributed by atoms with E-state index in [0.29, 0.717) is 5.75 Å². The van der Waals surface area contributed by atoms with E-state index in [1.165, 1.54) is 26.4 Å². The van der Waals surface area contributed by atoms with E-state index in [1.54, 1.807) is 20.8 Å². The third kappa shape index (κ3) is 3.14. The van der Waals surface area contributed by atoms with E-state index in [4.69, 9.17) is 9.47 Å². The molecule has 1 atom stereocenters. The van der Waals surface area contributed by atoms with Crippen LogP contribution in [0.4, 0.5) is 5.69 Å². The first-order valence-electron chi connectivity index (χ1n) is 5.80. The second-order valence-corrected chi connectivity index (χ2v) is 5.29. The number of benzene rings is 1. The minimum atomic E-state index is -0.979. The van der Waals surface area contributed by atoms with Gasteiger partial charge in [0.1, 0.15) is 0 Å². The molecule has 0 amide bonds. The zero-order valence-electron chi connectivity index (χ0n) is 11.8. The number of aliphatic hydroxyl groups excluding tert-OH is 1. The Kier molecular flexibility index (Phi) is 4.36. The molecular formula is C13H19NO5. The molecule has 0 unspecified atom stereocenters. The molecule has 0 fully saturated rings. The van der Waals surface area contributed by atoms with Gasteiger partial charge in [0, 0.05) is 0 Å². The summed E-state index contributed by atoms with van der Waals surface area (Å²) in [5.74, 6) is 0.616. The normalized spacial score (nSPS) is 12.9. The molecule has 19 heavy (non-hydrogen) atoms.